The Balaban J connectivity index is 2.27. The molecule has 2 N–H and O–H groups in total. The Morgan fingerprint density at radius 1 is 1.69 bits per heavy atom. The van der Waals surface area contributed by atoms with Gasteiger partial charge in [-0.25, -0.2) is 4.79 Å². The van der Waals surface area contributed by atoms with E-state index in [4.69, 9.17) is 5.73 Å². The third-order valence-corrected chi connectivity index (χ3v) is 1.67. The van der Waals surface area contributed by atoms with Crippen LogP contribution in [-0.2, 0) is 14.3 Å². The molecule has 1 unspecified atom stereocenters. The summed E-state index contributed by atoms with van der Waals surface area (Å²) in [6.07, 6.45) is 2.81. The highest BCUT2D eigenvalue weighted by Crippen LogP contribution is 2.16. The lowest BCUT2D eigenvalue weighted by molar-refractivity contribution is -0.137. The molecule has 0 aromatic heterocycles. The van der Waals surface area contributed by atoms with E-state index in [1.54, 1.807) is 11.8 Å². The summed E-state index contributed by atoms with van der Waals surface area (Å²) in [6.45, 7) is 2.67. The van der Waals surface area contributed by atoms with Crippen molar-refractivity contribution in [1.82, 2.24) is 4.90 Å². The zero-order valence-corrected chi connectivity index (χ0v) is 7.40. The number of rotatable bonds is 4. The van der Waals surface area contributed by atoms with Crippen molar-refractivity contribution in [2.45, 2.75) is 13.0 Å². The number of primary amides is 1. The van der Waals surface area contributed by atoms with Crippen molar-refractivity contribution in [3.63, 3.8) is 0 Å². The first-order valence-electron chi connectivity index (χ1n) is 4.05. The SMILES string of the molecule is CCOC(=O)/C=C/N1CC1C(N)=O. The molecule has 13 heavy (non-hydrogen) atoms. The summed E-state index contributed by atoms with van der Waals surface area (Å²) in [5.41, 5.74) is 5.02. The van der Waals surface area contributed by atoms with Crippen LogP contribution in [0.3, 0.4) is 0 Å². The number of nitrogens with two attached hydrogens (primary N) is 1. The lowest BCUT2D eigenvalue weighted by atomic mass is 10.5. The maximum Gasteiger partial charge on any atom is 0.332 e. The fourth-order valence-corrected chi connectivity index (χ4v) is 0.918. The molecule has 1 aliphatic rings. The summed E-state index contributed by atoms with van der Waals surface area (Å²) in [5.74, 6) is -0.772. The molecule has 0 bridgehead atoms. The number of ether oxygens (including phenoxy) is 1. The first-order chi connectivity index (χ1) is 6.15. The van der Waals surface area contributed by atoms with E-state index in [1.165, 1.54) is 12.3 Å². The van der Waals surface area contributed by atoms with Gasteiger partial charge in [0.25, 0.3) is 0 Å². The van der Waals surface area contributed by atoms with Crippen LogP contribution in [0.15, 0.2) is 12.3 Å². The number of carbonyl (C=O) groups excluding carboxylic acids is 2. The highest BCUT2D eigenvalue weighted by molar-refractivity contribution is 5.84. The van der Waals surface area contributed by atoms with Crippen LogP contribution in [0.5, 0.6) is 0 Å². The van der Waals surface area contributed by atoms with Crippen LogP contribution in [0, 0.1) is 0 Å². The van der Waals surface area contributed by atoms with Gasteiger partial charge in [-0.15, -0.1) is 0 Å². The molecule has 0 aliphatic carbocycles. The minimum atomic E-state index is -0.405. The van der Waals surface area contributed by atoms with Crippen molar-refractivity contribution in [2.24, 2.45) is 5.73 Å². The summed E-state index contributed by atoms with van der Waals surface area (Å²) < 4.78 is 4.65. The maximum absolute atomic E-state index is 10.8. The second-order valence-corrected chi connectivity index (χ2v) is 2.68. The van der Waals surface area contributed by atoms with Crippen LogP contribution in [0.4, 0.5) is 0 Å². The van der Waals surface area contributed by atoms with Crippen LogP contribution >= 0.6 is 0 Å². The summed E-state index contributed by atoms with van der Waals surface area (Å²) in [5, 5.41) is 0. The zero-order chi connectivity index (χ0) is 9.84. The number of carbonyl (C=O) groups is 2. The van der Waals surface area contributed by atoms with Crippen molar-refractivity contribution >= 4 is 11.9 Å². The van der Waals surface area contributed by atoms with E-state index in [1.807, 2.05) is 0 Å². The van der Waals surface area contributed by atoms with E-state index in [9.17, 15) is 9.59 Å². The van der Waals surface area contributed by atoms with E-state index in [0.29, 0.717) is 13.2 Å². The Labute approximate surface area is 76.1 Å². The molecule has 0 spiro atoms. The molecule has 0 aromatic carbocycles. The molecule has 0 saturated carbocycles. The lowest BCUT2D eigenvalue weighted by Crippen LogP contribution is -2.20. The van der Waals surface area contributed by atoms with Crippen LogP contribution in [0.25, 0.3) is 0 Å². The molecule has 1 fully saturated rings. The maximum atomic E-state index is 10.8. The molecule has 1 saturated heterocycles. The second kappa shape index (κ2) is 3.93. The average molecular weight is 184 g/mol. The van der Waals surface area contributed by atoms with E-state index >= 15 is 0 Å². The quantitative estimate of drug-likeness (QED) is 0.354. The van der Waals surface area contributed by atoms with Gasteiger partial charge in [-0.2, -0.15) is 0 Å². The number of hydrogen-bond acceptors (Lipinski definition) is 4. The second-order valence-electron chi connectivity index (χ2n) is 2.68. The number of hydrogen-bond donors (Lipinski definition) is 1. The molecule has 5 nitrogen and oxygen atoms in total. The van der Waals surface area contributed by atoms with Crippen molar-refractivity contribution in [2.75, 3.05) is 13.2 Å². The highest BCUT2D eigenvalue weighted by Gasteiger charge is 2.36. The van der Waals surface area contributed by atoms with Gasteiger partial charge in [0.15, 0.2) is 0 Å². The predicted molar refractivity (Wildman–Crippen MR) is 45.5 cm³/mol. The number of amides is 1. The molecular weight excluding hydrogens is 172 g/mol. The van der Waals surface area contributed by atoms with E-state index < -0.39 is 5.97 Å². The molecule has 72 valence electrons. The van der Waals surface area contributed by atoms with Crippen LogP contribution in [-0.4, -0.2) is 36.0 Å². The van der Waals surface area contributed by atoms with E-state index in [-0.39, 0.29) is 11.9 Å². The van der Waals surface area contributed by atoms with Gasteiger partial charge in [0.1, 0.15) is 6.04 Å². The lowest BCUT2D eigenvalue weighted by Gasteiger charge is -1.95. The largest absolute Gasteiger partial charge is 0.463 e. The normalized spacial score (nSPS) is 20.4. The van der Waals surface area contributed by atoms with Gasteiger partial charge in [0, 0.05) is 18.8 Å². The van der Waals surface area contributed by atoms with Gasteiger partial charge in [-0.1, -0.05) is 0 Å². The van der Waals surface area contributed by atoms with Crippen LogP contribution in [0.2, 0.25) is 0 Å². The van der Waals surface area contributed by atoms with Crippen molar-refractivity contribution in [3.8, 4) is 0 Å². The molecule has 1 rings (SSSR count). The summed E-state index contributed by atoms with van der Waals surface area (Å²) >= 11 is 0. The van der Waals surface area contributed by atoms with Gasteiger partial charge in [-0.05, 0) is 6.92 Å². The predicted octanol–water partition coefficient (Wildman–Crippen LogP) is -0.767. The molecule has 1 amide bonds. The Morgan fingerprint density at radius 2 is 2.38 bits per heavy atom. The van der Waals surface area contributed by atoms with E-state index in [2.05, 4.69) is 4.74 Å². The third-order valence-electron chi connectivity index (χ3n) is 1.67. The zero-order valence-electron chi connectivity index (χ0n) is 7.40. The number of esters is 1. The molecule has 5 heteroatoms. The number of nitrogens with zero attached hydrogens (tertiary/aromatic N) is 1. The van der Waals surface area contributed by atoms with E-state index in [0.717, 1.165) is 0 Å². The fraction of sp³-hybridized carbons (Fsp3) is 0.500. The molecular formula is C8H12N2O3. The fourth-order valence-electron chi connectivity index (χ4n) is 0.918. The van der Waals surface area contributed by atoms with Crippen molar-refractivity contribution in [1.29, 1.82) is 0 Å². The first-order valence-corrected chi connectivity index (χ1v) is 4.05. The Morgan fingerprint density at radius 3 is 2.85 bits per heavy atom. The molecule has 1 atom stereocenters. The molecule has 0 radical (unpaired) electrons. The molecule has 1 heterocycles. The molecule has 1 aliphatic heterocycles. The van der Waals surface area contributed by atoms with Gasteiger partial charge in [0.05, 0.1) is 6.61 Å². The standard InChI is InChI=1S/C8H12N2O3/c1-2-13-7(11)3-4-10-5-6(10)8(9)12/h3-4,6H,2,5H2,1H3,(H2,9,12)/b4-3+. The van der Waals surface area contributed by atoms with Crippen LogP contribution < -0.4 is 5.73 Å². The topological polar surface area (TPSA) is 72.4 Å². The average Bonchev–Trinajstić information content (AvgIpc) is 2.80. The Kier molecular flexibility index (Phi) is 2.89. The molecule has 0 aromatic rings. The van der Waals surface area contributed by atoms with Crippen molar-refractivity contribution < 1.29 is 14.3 Å². The van der Waals surface area contributed by atoms with Gasteiger partial charge in [-0.3, -0.25) is 4.79 Å². The van der Waals surface area contributed by atoms with Gasteiger partial charge >= 0.3 is 5.97 Å². The smallest absolute Gasteiger partial charge is 0.332 e. The summed E-state index contributed by atoms with van der Waals surface area (Å²) in [4.78, 5) is 23.0. The monoisotopic (exact) mass is 184 g/mol. The van der Waals surface area contributed by atoms with Gasteiger partial charge in [0.2, 0.25) is 5.91 Å². The highest BCUT2D eigenvalue weighted by atomic mass is 16.5. The Hall–Kier alpha value is -1.52. The first kappa shape index (κ1) is 9.57. The van der Waals surface area contributed by atoms with Crippen LogP contribution in [0.1, 0.15) is 6.92 Å². The minimum Gasteiger partial charge on any atom is -0.463 e. The minimum absolute atomic E-state index is 0.245. The third kappa shape index (κ3) is 2.77. The summed E-state index contributed by atoms with van der Waals surface area (Å²) in [7, 11) is 0. The summed E-state index contributed by atoms with van der Waals surface area (Å²) in [6, 6.07) is -0.245. The Bertz CT molecular complexity index is 250. The van der Waals surface area contributed by atoms with Crippen molar-refractivity contribution in [3.05, 3.63) is 12.3 Å². The van der Waals surface area contributed by atoms with Gasteiger partial charge < -0.3 is 15.4 Å².